The fraction of sp³-hybridized carbons (Fsp3) is 0.444. The Labute approximate surface area is 130 Å². The van der Waals surface area contributed by atoms with Gasteiger partial charge in [-0.15, -0.1) is 11.3 Å². The van der Waals surface area contributed by atoms with Crippen LogP contribution in [0.25, 0.3) is 0 Å². The van der Waals surface area contributed by atoms with Gasteiger partial charge in [-0.05, 0) is 54.9 Å². The van der Waals surface area contributed by atoms with Crippen LogP contribution in [0.5, 0.6) is 0 Å². The molecule has 1 aliphatic rings. The van der Waals surface area contributed by atoms with Crippen LogP contribution in [0.2, 0.25) is 0 Å². The fourth-order valence-electron chi connectivity index (χ4n) is 2.90. The van der Waals surface area contributed by atoms with Crippen molar-refractivity contribution in [1.29, 1.82) is 0 Å². The standard InChI is InChI=1S/C18H22O2S/c1-20-11-10-13-6-8-14(9-7-13)18(19)17-12-15-4-2-3-5-16(15)21-17/h6-9,12,18-19H,2-5,10-11H2,1H3. The first-order valence-corrected chi connectivity index (χ1v) is 8.47. The van der Waals surface area contributed by atoms with E-state index >= 15 is 0 Å². The highest BCUT2D eigenvalue weighted by atomic mass is 32.1. The highest BCUT2D eigenvalue weighted by Crippen LogP contribution is 2.35. The molecular formula is C18H22O2S. The molecule has 2 nitrogen and oxygen atoms in total. The second kappa shape index (κ2) is 6.73. The molecule has 1 atom stereocenters. The van der Waals surface area contributed by atoms with Crippen LogP contribution in [-0.4, -0.2) is 18.8 Å². The van der Waals surface area contributed by atoms with E-state index in [0.29, 0.717) is 0 Å². The summed E-state index contributed by atoms with van der Waals surface area (Å²) < 4.78 is 5.09. The summed E-state index contributed by atoms with van der Waals surface area (Å²) in [6, 6.07) is 10.5. The zero-order valence-corrected chi connectivity index (χ0v) is 13.3. The molecule has 2 aromatic rings. The van der Waals surface area contributed by atoms with E-state index in [4.69, 9.17) is 4.74 Å². The number of benzene rings is 1. The Morgan fingerprint density at radius 1 is 1.19 bits per heavy atom. The Morgan fingerprint density at radius 3 is 2.67 bits per heavy atom. The maximum atomic E-state index is 10.6. The third-order valence-corrected chi connectivity index (χ3v) is 5.46. The number of ether oxygens (including phenoxy) is 1. The Kier molecular flexibility index (Phi) is 4.73. The summed E-state index contributed by atoms with van der Waals surface area (Å²) in [7, 11) is 1.72. The number of thiophene rings is 1. The van der Waals surface area contributed by atoms with E-state index in [0.717, 1.165) is 23.5 Å². The average Bonchev–Trinajstić information content (AvgIpc) is 2.96. The summed E-state index contributed by atoms with van der Waals surface area (Å²) in [5.41, 5.74) is 3.69. The Bertz CT molecular complexity index is 562. The Hall–Kier alpha value is -1.16. The van der Waals surface area contributed by atoms with E-state index in [1.165, 1.54) is 41.7 Å². The van der Waals surface area contributed by atoms with Crippen molar-refractivity contribution < 1.29 is 9.84 Å². The van der Waals surface area contributed by atoms with Gasteiger partial charge in [-0.3, -0.25) is 0 Å². The van der Waals surface area contributed by atoms with Crippen molar-refractivity contribution in [3.05, 3.63) is 56.8 Å². The largest absolute Gasteiger partial charge is 0.384 e. The lowest BCUT2D eigenvalue weighted by Gasteiger charge is -2.10. The van der Waals surface area contributed by atoms with Crippen molar-refractivity contribution in [2.45, 2.75) is 38.2 Å². The second-order valence-corrected chi connectivity index (χ2v) is 6.86. The van der Waals surface area contributed by atoms with Gasteiger partial charge in [-0.2, -0.15) is 0 Å². The van der Waals surface area contributed by atoms with Gasteiger partial charge in [-0.1, -0.05) is 24.3 Å². The van der Waals surface area contributed by atoms with E-state index in [1.54, 1.807) is 18.4 Å². The summed E-state index contributed by atoms with van der Waals surface area (Å²) in [5, 5.41) is 10.6. The molecule has 3 rings (SSSR count). The van der Waals surface area contributed by atoms with Crippen molar-refractivity contribution in [2.24, 2.45) is 0 Å². The lowest BCUT2D eigenvalue weighted by molar-refractivity contribution is 0.202. The predicted molar refractivity (Wildman–Crippen MR) is 87.0 cm³/mol. The monoisotopic (exact) mass is 302 g/mol. The number of hydrogen-bond donors (Lipinski definition) is 1. The van der Waals surface area contributed by atoms with Crippen molar-refractivity contribution in [3.63, 3.8) is 0 Å². The molecular weight excluding hydrogens is 280 g/mol. The molecule has 0 saturated heterocycles. The minimum atomic E-state index is -0.489. The lowest BCUT2D eigenvalue weighted by atomic mass is 9.98. The van der Waals surface area contributed by atoms with Crippen molar-refractivity contribution >= 4 is 11.3 Å². The van der Waals surface area contributed by atoms with Gasteiger partial charge in [0.25, 0.3) is 0 Å². The van der Waals surface area contributed by atoms with Crippen LogP contribution in [0, 0.1) is 0 Å². The molecule has 0 radical (unpaired) electrons. The van der Waals surface area contributed by atoms with Gasteiger partial charge in [0.1, 0.15) is 6.10 Å². The number of methoxy groups -OCH3 is 1. The van der Waals surface area contributed by atoms with Gasteiger partial charge in [-0.25, -0.2) is 0 Å². The molecule has 0 bridgehead atoms. The Balaban J connectivity index is 1.75. The molecule has 112 valence electrons. The molecule has 1 heterocycles. The number of aryl methyl sites for hydroxylation is 2. The molecule has 1 aromatic carbocycles. The van der Waals surface area contributed by atoms with E-state index in [1.807, 2.05) is 12.1 Å². The third kappa shape index (κ3) is 3.37. The zero-order valence-electron chi connectivity index (χ0n) is 12.5. The highest BCUT2D eigenvalue weighted by Gasteiger charge is 2.18. The molecule has 0 spiro atoms. The van der Waals surface area contributed by atoms with Gasteiger partial charge >= 0.3 is 0 Å². The Morgan fingerprint density at radius 2 is 1.95 bits per heavy atom. The van der Waals surface area contributed by atoms with Crippen LogP contribution in [0.15, 0.2) is 30.3 Å². The maximum absolute atomic E-state index is 10.6. The SMILES string of the molecule is COCCc1ccc(C(O)c2cc3c(s2)CCCC3)cc1. The van der Waals surface area contributed by atoms with E-state index < -0.39 is 6.10 Å². The van der Waals surface area contributed by atoms with Gasteiger partial charge < -0.3 is 9.84 Å². The van der Waals surface area contributed by atoms with Crippen LogP contribution in [-0.2, 0) is 24.0 Å². The van der Waals surface area contributed by atoms with E-state index in [2.05, 4.69) is 18.2 Å². The van der Waals surface area contributed by atoms with Gasteiger partial charge in [0.15, 0.2) is 0 Å². The summed E-state index contributed by atoms with van der Waals surface area (Å²) in [6.45, 7) is 0.736. The number of rotatable bonds is 5. The average molecular weight is 302 g/mol. The van der Waals surface area contributed by atoms with Gasteiger partial charge in [0, 0.05) is 16.9 Å². The number of aliphatic hydroxyl groups excluding tert-OH is 1. The molecule has 0 fully saturated rings. The summed E-state index contributed by atoms with van der Waals surface area (Å²) in [5.74, 6) is 0. The van der Waals surface area contributed by atoms with Gasteiger partial charge in [0.05, 0.1) is 6.61 Å². The number of fused-ring (bicyclic) bond motifs is 1. The highest BCUT2D eigenvalue weighted by molar-refractivity contribution is 7.12. The molecule has 1 aromatic heterocycles. The fourth-order valence-corrected chi connectivity index (χ4v) is 4.17. The minimum Gasteiger partial charge on any atom is -0.384 e. The van der Waals surface area contributed by atoms with Crippen LogP contribution in [0.1, 0.15) is 45.4 Å². The topological polar surface area (TPSA) is 29.5 Å². The molecule has 3 heteroatoms. The van der Waals surface area contributed by atoms with E-state index in [-0.39, 0.29) is 0 Å². The molecule has 21 heavy (non-hydrogen) atoms. The van der Waals surface area contributed by atoms with Crippen molar-refractivity contribution in [1.82, 2.24) is 0 Å². The molecule has 0 aliphatic heterocycles. The predicted octanol–water partition coefficient (Wildman–Crippen LogP) is 3.90. The van der Waals surface area contributed by atoms with Crippen molar-refractivity contribution in [3.8, 4) is 0 Å². The van der Waals surface area contributed by atoms with Crippen LogP contribution in [0.3, 0.4) is 0 Å². The smallest absolute Gasteiger partial charge is 0.113 e. The molecule has 0 amide bonds. The maximum Gasteiger partial charge on any atom is 0.113 e. The number of hydrogen-bond acceptors (Lipinski definition) is 3. The quantitative estimate of drug-likeness (QED) is 0.907. The van der Waals surface area contributed by atoms with Crippen LogP contribution in [0.4, 0.5) is 0 Å². The minimum absolute atomic E-state index is 0.489. The normalized spacial score (nSPS) is 15.7. The summed E-state index contributed by atoms with van der Waals surface area (Å²) in [4.78, 5) is 2.57. The first-order valence-electron chi connectivity index (χ1n) is 7.65. The first-order chi connectivity index (χ1) is 10.3. The van der Waals surface area contributed by atoms with Gasteiger partial charge in [0.2, 0.25) is 0 Å². The van der Waals surface area contributed by atoms with E-state index in [9.17, 15) is 5.11 Å². The number of aliphatic hydroxyl groups is 1. The molecule has 1 unspecified atom stereocenters. The summed E-state index contributed by atoms with van der Waals surface area (Å²) >= 11 is 1.79. The summed E-state index contributed by atoms with van der Waals surface area (Å²) in [6.07, 6.45) is 5.36. The van der Waals surface area contributed by atoms with Crippen LogP contribution < -0.4 is 0 Å². The van der Waals surface area contributed by atoms with Crippen molar-refractivity contribution in [2.75, 3.05) is 13.7 Å². The molecule has 1 N–H and O–H groups in total. The zero-order chi connectivity index (χ0) is 14.7. The lowest BCUT2D eigenvalue weighted by Crippen LogP contribution is -1.99. The van der Waals surface area contributed by atoms with Crippen LogP contribution >= 0.6 is 11.3 Å². The molecule has 0 saturated carbocycles. The third-order valence-electron chi connectivity index (χ3n) is 4.18. The second-order valence-electron chi connectivity index (χ2n) is 5.69. The molecule has 1 aliphatic carbocycles. The first kappa shape index (κ1) is 14.8.